The third kappa shape index (κ3) is 1.28. The summed E-state index contributed by atoms with van der Waals surface area (Å²) in [6.45, 7) is 1.75. The van der Waals surface area contributed by atoms with Crippen LogP contribution in [0.4, 0.5) is 5.82 Å². The van der Waals surface area contributed by atoms with Gasteiger partial charge in [-0.1, -0.05) is 0 Å². The molecular weight excluding hydrogens is 204 g/mol. The molecule has 0 aliphatic heterocycles. The van der Waals surface area contributed by atoms with Crippen LogP contribution in [0.1, 0.15) is 35.7 Å². The fourth-order valence-electron chi connectivity index (χ4n) is 1.97. The molecule has 0 amide bonds. The summed E-state index contributed by atoms with van der Waals surface area (Å²) in [7, 11) is 0. The highest BCUT2D eigenvalue weighted by Crippen LogP contribution is 2.39. The Bertz CT molecular complexity index is 557. The maximum absolute atomic E-state index is 9.23. The number of hydrogen-bond acceptors (Lipinski definition) is 4. The highest BCUT2D eigenvalue weighted by molar-refractivity contribution is 5.53. The summed E-state index contributed by atoms with van der Waals surface area (Å²) in [5.74, 6) is 1.08. The lowest BCUT2D eigenvalue weighted by molar-refractivity contribution is 0.280. The lowest BCUT2D eigenvalue weighted by Crippen LogP contribution is -2.07. The summed E-state index contributed by atoms with van der Waals surface area (Å²) in [6, 6.07) is 1.99. The van der Waals surface area contributed by atoms with Crippen molar-refractivity contribution in [3.8, 4) is 0 Å². The fourth-order valence-corrected chi connectivity index (χ4v) is 1.97. The second-order valence-corrected chi connectivity index (χ2v) is 4.33. The minimum Gasteiger partial charge on any atom is -0.391 e. The average Bonchev–Trinajstić information content (AvgIpc) is 3.00. The predicted molar refractivity (Wildman–Crippen MR) is 60.0 cm³/mol. The average molecular weight is 218 g/mol. The Morgan fingerprint density at radius 3 is 2.94 bits per heavy atom. The van der Waals surface area contributed by atoms with Crippen molar-refractivity contribution in [2.45, 2.75) is 32.3 Å². The fraction of sp³-hybridized carbons (Fsp3) is 0.455. The largest absolute Gasteiger partial charge is 0.391 e. The predicted octanol–water partition coefficient (Wildman–Crippen LogP) is 0.990. The van der Waals surface area contributed by atoms with Gasteiger partial charge in [-0.05, 0) is 19.8 Å². The number of aliphatic hydroxyl groups excluding tert-OH is 1. The smallest absolute Gasteiger partial charge is 0.157 e. The third-order valence-corrected chi connectivity index (χ3v) is 3.12. The van der Waals surface area contributed by atoms with Crippen LogP contribution >= 0.6 is 0 Å². The summed E-state index contributed by atoms with van der Waals surface area (Å²) in [6.07, 6.45) is 2.41. The number of aryl methyl sites for hydroxylation is 1. The molecule has 0 radical (unpaired) electrons. The van der Waals surface area contributed by atoms with E-state index < -0.39 is 0 Å². The first-order valence-corrected chi connectivity index (χ1v) is 5.46. The number of fused-ring (bicyclic) bond motifs is 1. The Morgan fingerprint density at radius 1 is 1.56 bits per heavy atom. The Hall–Kier alpha value is -1.62. The number of hydrogen-bond donors (Lipinski definition) is 2. The van der Waals surface area contributed by atoms with Gasteiger partial charge >= 0.3 is 0 Å². The molecule has 5 nitrogen and oxygen atoms in total. The number of nitrogens with zero attached hydrogens (tertiary/aromatic N) is 3. The number of nitrogen functional groups attached to an aromatic ring is 1. The molecule has 0 aromatic carbocycles. The van der Waals surface area contributed by atoms with Crippen molar-refractivity contribution >= 4 is 11.5 Å². The Balaban J connectivity index is 2.25. The Labute approximate surface area is 92.9 Å². The lowest BCUT2D eigenvalue weighted by atomic mass is 10.2. The van der Waals surface area contributed by atoms with E-state index in [0.717, 1.165) is 17.0 Å². The van der Waals surface area contributed by atoms with Crippen molar-refractivity contribution in [3.63, 3.8) is 0 Å². The molecule has 3 N–H and O–H groups in total. The van der Waals surface area contributed by atoms with Crippen LogP contribution in [0, 0.1) is 6.92 Å². The van der Waals surface area contributed by atoms with E-state index in [-0.39, 0.29) is 6.61 Å². The van der Waals surface area contributed by atoms with E-state index in [1.54, 1.807) is 4.52 Å². The van der Waals surface area contributed by atoms with Crippen molar-refractivity contribution < 1.29 is 5.11 Å². The molecule has 0 unspecified atom stereocenters. The summed E-state index contributed by atoms with van der Waals surface area (Å²) >= 11 is 0. The number of aromatic nitrogens is 3. The molecule has 3 rings (SSSR count). The normalized spacial score (nSPS) is 15.9. The van der Waals surface area contributed by atoms with Crippen molar-refractivity contribution in [2.75, 3.05) is 5.73 Å². The van der Waals surface area contributed by atoms with E-state index in [2.05, 4.69) is 10.1 Å². The van der Waals surface area contributed by atoms with Crippen LogP contribution in [0.2, 0.25) is 0 Å². The molecule has 1 aliphatic carbocycles. The molecule has 84 valence electrons. The van der Waals surface area contributed by atoms with Gasteiger partial charge in [0.15, 0.2) is 5.65 Å². The maximum Gasteiger partial charge on any atom is 0.157 e. The number of aliphatic hydroxyl groups is 1. The summed E-state index contributed by atoms with van der Waals surface area (Å²) < 4.78 is 1.63. The zero-order chi connectivity index (χ0) is 11.3. The highest BCUT2D eigenvalue weighted by atomic mass is 16.3. The van der Waals surface area contributed by atoms with Gasteiger partial charge in [-0.15, -0.1) is 0 Å². The van der Waals surface area contributed by atoms with E-state index in [1.165, 1.54) is 12.8 Å². The van der Waals surface area contributed by atoms with Crippen molar-refractivity contribution in [2.24, 2.45) is 0 Å². The van der Waals surface area contributed by atoms with Crippen LogP contribution in [-0.4, -0.2) is 19.7 Å². The van der Waals surface area contributed by atoms with Gasteiger partial charge in [0.05, 0.1) is 12.3 Å². The zero-order valence-electron chi connectivity index (χ0n) is 9.14. The molecule has 0 atom stereocenters. The molecule has 1 fully saturated rings. The SMILES string of the molecule is Cc1nc2cc(C3CC3)nn2c(N)c1CO. The van der Waals surface area contributed by atoms with E-state index in [9.17, 15) is 5.11 Å². The molecule has 0 spiro atoms. The molecule has 0 bridgehead atoms. The molecular formula is C11H14N4O. The molecule has 2 aromatic heterocycles. The van der Waals surface area contributed by atoms with Gasteiger partial charge in [0, 0.05) is 23.2 Å². The van der Waals surface area contributed by atoms with Gasteiger partial charge in [0.25, 0.3) is 0 Å². The molecule has 2 aromatic rings. The monoisotopic (exact) mass is 218 g/mol. The van der Waals surface area contributed by atoms with Crippen LogP contribution < -0.4 is 5.73 Å². The molecule has 2 heterocycles. The van der Waals surface area contributed by atoms with Gasteiger partial charge in [-0.25, -0.2) is 4.98 Å². The van der Waals surface area contributed by atoms with Crippen LogP contribution in [0.25, 0.3) is 5.65 Å². The number of anilines is 1. The third-order valence-electron chi connectivity index (χ3n) is 3.12. The van der Waals surface area contributed by atoms with Crippen LogP contribution in [-0.2, 0) is 6.61 Å². The molecule has 16 heavy (non-hydrogen) atoms. The number of rotatable bonds is 2. The van der Waals surface area contributed by atoms with E-state index in [0.29, 0.717) is 17.3 Å². The van der Waals surface area contributed by atoms with E-state index in [1.807, 2.05) is 13.0 Å². The molecule has 5 heteroatoms. The molecule has 1 saturated carbocycles. The minimum atomic E-state index is -0.0980. The second kappa shape index (κ2) is 3.18. The van der Waals surface area contributed by atoms with Crippen molar-refractivity contribution in [1.82, 2.24) is 14.6 Å². The first-order valence-electron chi connectivity index (χ1n) is 5.46. The van der Waals surface area contributed by atoms with E-state index >= 15 is 0 Å². The van der Waals surface area contributed by atoms with Gasteiger partial charge < -0.3 is 10.8 Å². The molecule has 1 aliphatic rings. The summed E-state index contributed by atoms with van der Waals surface area (Å²) in [5.41, 5.74) is 9.24. The summed E-state index contributed by atoms with van der Waals surface area (Å²) in [4.78, 5) is 4.40. The van der Waals surface area contributed by atoms with Crippen LogP contribution in [0.3, 0.4) is 0 Å². The first-order chi connectivity index (χ1) is 7.70. The topological polar surface area (TPSA) is 76.4 Å². The quantitative estimate of drug-likeness (QED) is 0.788. The van der Waals surface area contributed by atoms with Crippen LogP contribution in [0.15, 0.2) is 6.07 Å². The zero-order valence-corrected chi connectivity index (χ0v) is 9.14. The minimum absolute atomic E-state index is 0.0980. The van der Waals surface area contributed by atoms with Gasteiger partial charge in [-0.2, -0.15) is 9.61 Å². The van der Waals surface area contributed by atoms with Gasteiger partial charge in [0.1, 0.15) is 5.82 Å². The highest BCUT2D eigenvalue weighted by Gasteiger charge is 2.27. The van der Waals surface area contributed by atoms with Crippen molar-refractivity contribution in [3.05, 3.63) is 23.0 Å². The second-order valence-electron chi connectivity index (χ2n) is 4.33. The Morgan fingerprint density at radius 2 is 2.31 bits per heavy atom. The van der Waals surface area contributed by atoms with Crippen LogP contribution in [0.5, 0.6) is 0 Å². The number of nitrogens with two attached hydrogens (primary N) is 1. The molecule has 0 saturated heterocycles. The lowest BCUT2D eigenvalue weighted by Gasteiger charge is -2.07. The van der Waals surface area contributed by atoms with Crippen molar-refractivity contribution in [1.29, 1.82) is 0 Å². The summed E-state index contributed by atoms with van der Waals surface area (Å²) in [5, 5.41) is 13.7. The standard InChI is InChI=1S/C11H14N4O/c1-6-8(5-16)11(12)15-10(13-6)4-9(14-15)7-2-3-7/h4,7,16H,2-3,5,12H2,1H3. The van der Waals surface area contributed by atoms with Gasteiger partial charge in [-0.3, -0.25) is 0 Å². The Kier molecular flexibility index (Phi) is 1.91. The van der Waals surface area contributed by atoms with E-state index in [4.69, 9.17) is 5.73 Å². The van der Waals surface area contributed by atoms with Gasteiger partial charge in [0.2, 0.25) is 0 Å². The maximum atomic E-state index is 9.23. The first kappa shape index (κ1) is 9.59.